The van der Waals surface area contributed by atoms with Gasteiger partial charge < -0.3 is 15.8 Å². The first-order valence-corrected chi connectivity index (χ1v) is 7.28. The molecule has 4 heteroatoms. The van der Waals surface area contributed by atoms with Crippen LogP contribution in [-0.2, 0) is 22.4 Å². The van der Waals surface area contributed by atoms with Gasteiger partial charge in [0.15, 0.2) is 0 Å². The molecule has 0 radical (unpaired) electrons. The largest absolute Gasteiger partial charge is 0.345 e. The molecule has 3 N–H and O–H groups in total. The maximum Gasteiger partial charge on any atom is 0.237 e. The van der Waals surface area contributed by atoms with Gasteiger partial charge in [0.05, 0.1) is 12.1 Å². The Morgan fingerprint density at radius 3 is 1.95 bits per heavy atom. The molecule has 1 amide bonds. The summed E-state index contributed by atoms with van der Waals surface area (Å²) in [5.74, 6) is -0.308. The molecule has 2 aromatic rings. The van der Waals surface area contributed by atoms with Crippen LogP contribution >= 0.6 is 0 Å². The molecule has 0 saturated heterocycles. The average molecular weight is 296 g/mol. The Bertz CT molecular complexity index is 599. The molecule has 0 spiro atoms. The van der Waals surface area contributed by atoms with Crippen molar-refractivity contribution in [3.05, 3.63) is 71.8 Å². The van der Waals surface area contributed by atoms with Gasteiger partial charge in [-0.2, -0.15) is 0 Å². The van der Waals surface area contributed by atoms with Gasteiger partial charge in [0.2, 0.25) is 5.91 Å². The minimum absolute atomic E-state index is 0.308. The molecule has 114 valence electrons. The Labute approximate surface area is 130 Å². The third-order valence-electron chi connectivity index (χ3n) is 3.43. The van der Waals surface area contributed by atoms with E-state index in [9.17, 15) is 9.59 Å². The van der Waals surface area contributed by atoms with Gasteiger partial charge in [0.1, 0.15) is 6.29 Å². The summed E-state index contributed by atoms with van der Waals surface area (Å²) in [5.41, 5.74) is 7.91. The minimum Gasteiger partial charge on any atom is -0.345 e. The fourth-order valence-corrected chi connectivity index (χ4v) is 2.25. The number of hydrogen-bond acceptors (Lipinski definition) is 3. The van der Waals surface area contributed by atoms with E-state index in [2.05, 4.69) is 5.32 Å². The van der Waals surface area contributed by atoms with E-state index in [4.69, 9.17) is 5.73 Å². The number of carbonyl (C=O) groups excluding carboxylic acids is 2. The summed E-state index contributed by atoms with van der Waals surface area (Å²) in [7, 11) is 0. The first-order valence-electron chi connectivity index (χ1n) is 7.28. The molecule has 2 atom stereocenters. The lowest BCUT2D eigenvalue weighted by Gasteiger charge is -2.17. The molecule has 0 aromatic heterocycles. The highest BCUT2D eigenvalue weighted by Gasteiger charge is 2.18. The highest BCUT2D eigenvalue weighted by Crippen LogP contribution is 2.04. The third kappa shape index (κ3) is 4.82. The van der Waals surface area contributed by atoms with Crippen LogP contribution in [0.4, 0.5) is 0 Å². The molecule has 0 fully saturated rings. The van der Waals surface area contributed by atoms with Crippen LogP contribution < -0.4 is 11.1 Å². The zero-order valence-corrected chi connectivity index (χ0v) is 12.3. The van der Waals surface area contributed by atoms with E-state index in [1.54, 1.807) is 0 Å². The minimum atomic E-state index is -0.666. The van der Waals surface area contributed by atoms with Crippen molar-refractivity contribution >= 4 is 12.2 Å². The van der Waals surface area contributed by atoms with Crippen LogP contribution in [0.3, 0.4) is 0 Å². The number of carbonyl (C=O) groups is 2. The Morgan fingerprint density at radius 2 is 1.45 bits per heavy atom. The van der Waals surface area contributed by atoms with E-state index < -0.39 is 12.1 Å². The predicted molar refractivity (Wildman–Crippen MR) is 86.3 cm³/mol. The van der Waals surface area contributed by atoms with Gasteiger partial charge in [0.25, 0.3) is 0 Å². The summed E-state index contributed by atoms with van der Waals surface area (Å²) < 4.78 is 0. The van der Waals surface area contributed by atoms with E-state index in [0.717, 1.165) is 17.4 Å². The predicted octanol–water partition coefficient (Wildman–Crippen LogP) is 1.48. The van der Waals surface area contributed by atoms with E-state index in [1.807, 2.05) is 60.7 Å². The van der Waals surface area contributed by atoms with Crippen molar-refractivity contribution in [3.63, 3.8) is 0 Å². The summed E-state index contributed by atoms with van der Waals surface area (Å²) in [5, 5.41) is 2.70. The Hall–Kier alpha value is -2.46. The lowest BCUT2D eigenvalue weighted by atomic mass is 10.0. The van der Waals surface area contributed by atoms with E-state index in [0.29, 0.717) is 12.8 Å². The monoisotopic (exact) mass is 296 g/mol. The number of aldehydes is 1. The average Bonchev–Trinajstić information content (AvgIpc) is 2.56. The Kier molecular flexibility index (Phi) is 5.86. The highest BCUT2D eigenvalue weighted by atomic mass is 16.2. The van der Waals surface area contributed by atoms with E-state index in [1.165, 1.54) is 0 Å². The number of amides is 1. The van der Waals surface area contributed by atoms with Gasteiger partial charge in [-0.25, -0.2) is 0 Å². The summed E-state index contributed by atoms with van der Waals surface area (Å²) in [6, 6.07) is 17.9. The van der Waals surface area contributed by atoms with Crippen molar-refractivity contribution in [2.45, 2.75) is 24.9 Å². The molecular formula is C18H20N2O2. The SMILES string of the molecule is NC(Cc1ccccc1)C(=O)N[C@H](C=O)Cc1ccccc1. The fourth-order valence-electron chi connectivity index (χ4n) is 2.25. The van der Waals surface area contributed by atoms with Crippen molar-refractivity contribution in [1.29, 1.82) is 0 Å². The Morgan fingerprint density at radius 1 is 0.955 bits per heavy atom. The van der Waals surface area contributed by atoms with Crippen molar-refractivity contribution in [1.82, 2.24) is 5.32 Å². The lowest BCUT2D eigenvalue weighted by Crippen LogP contribution is -2.47. The van der Waals surface area contributed by atoms with Crippen LogP contribution in [0.1, 0.15) is 11.1 Å². The van der Waals surface area contributed by atoms with Crippen molar-refractivity contribution < 1.29 is 9.59 Å². The standard InChI is InChI=1S/C18H20N2O2/c19-17(12-15-9-5-2-6-10-15)18(22)20-16(13-21)11-14-7-3-1-4-8-14/h1-10,13,16-17H,11-12,19H2,(H,20,22)/t16-,17?/m0/s1. The van der Waals surface area contributed by atoms with E-state index >= 15 is 0 Å². The second-order valence-corrected chi connectivity index (χ2v) is 5.24. The van der Waals surface area contributed by atoms with Crippen LogP contribution in [0, 0.1) is 0 Å². The number of nitrogens with two attached hydrogens (primary N) is 1. The quantitative estimate of drug-likeness (QED) is 0.760. The van der Waals surface area contributed by atoms with Gasteiger partial charge >= 0.3 is 0 Å². The normalized spacial score (nSPS) is 13.1. The molecule has 22 heavy (non-hydrogen) atoms. The van der Waals surface area contributed by atoms with Crippen molar-refractivity contribution in [2.75, 3.05) is 0 Å². The van der Waals surface area contributed by atoms with Gasteiger partial charge in [-0.05, 0) is 24.0 Å². The fraction of sp³-hybridized carbons (Fsp3) is 0.222. The maximum absolute atomic E-state index is 12.1. The Balaban J connectivity index is 1.90. The number of rotatable bonds is 7. The number of nitrogens with one attached hydrogen (secondary N) is 1. The second kappa shape index (κ2) is 8.10. The van der Waals surface area contributed by atoms with Crippen LogP contribution in [0.5, 0.6) is 0 Å². The lowest BCUT2D eigenvalue weighted by molar-refractivity contribution is -0.125. The van der Waals surface area contributed by atoms with Gasteiger partial charge in [-0.1, -0.05) is 60.7 Å². The summed E-state index contributed by atoms with van der Waals surface area (Å²) in [6.07, 6.45) is 1.66. The third-order valence-corrected chi connectivity index (χ3v) is 3.43. The molecule has 0 bridgehead atoms. The first kappa shape index (κ1) is 15.9. The van der Waals surface area contributed by atoms with Gasteiger partial charge in [-0.15, -0.1) is 0 Å². The molecule has 0 heterocycles. The molecule has 2 aromatic carbocycles. The number of benzene rings is 2. The molecule has 0 aliphatic heterocycles. The second-order valence-electron chi connectivity index (χ2n) is 5.24. The smallest absolute Gasteiger partial charge is 0.237 e. The van der Waals surface area contributed by atoms with Crippen LogP contribution in [0.25, 0.3) is 0 Å². The molecule has 1 unspecified atom stereocenters. The zero-order valence-electron chi connectivity index (χ0n) is 12.3. The molecular weight excluding hydrogens is 276 g/mol. The molecule has 2 rings (SSSR count). The van der Waals surface area contributed by atoms with Crippen LogP contribution in [-0.4, -0.2) is 24.3 Å². The molecule has 0 aliphatic rings. The van der Waals surface area contributed by atoms with Crippen LogP contribution in [0.15, 0.2) is 60.7 Å². The van der Waals surface area contributed by atoms with Crippen molar-refractivity contribution in [2.24, 2.45) is 5.73 Å². The molecule has 0 saturated carbocycles. The first-order chi connectivity index (χ1) is 10.7. The topological polar surface area (TPSA) is 72.2 Å². The van der Waals surface area contributed by atoms with Crippen molar-refractivity contribution in [3.8, 4) is 0 Å². The maximum atomic E-state index is 12.1. The molecule has 0 aliphatic carbocycles. The van der Waals surface area contributed by atoms with E-state index in [-0.39, 0.29) is 5.91 Å². The zero-order chi connectivity index (χ0) is 15.8. The summed E-state index contributed by atoms with van der Waals surface area (Å²) in [4.78, 5) is 23.3. The highest BCUT2D eigenvalue weighted by molar-refractivity contribution is 5.84. The summed E-state index contributed by atoms with van der Waals surface area (Å²) >= 11 is 0. The summed E-state index contributed by atoms with van der Waals surface area (Å²) in [6.45, 7) is 0. The van der Waals surface area contributed by atoms with Gasteiger partial charge in [0, 0.05) is 0 Å². The van der Waals surface area contributed by atoms with Crippen LogP contribution in [0.2, 0.25) is 0 Å². The number of hydrogen-bond donors (Lipinski definition) is 2. The van der Waals surface area contributed by atoms with Gasteiger partial charge in [-0.3, -0.25) is 4.79 Å². The molecule has 4 nitrogen and oxygen atoms in total.